The molecule has 5 heteroatoms. The van der Waals surface area contributed by atoms with E-state index in [9.17, 15) is 5.11 Å². The van der Waals surface area contributed by atoms with Gasteiger partial charge in [-0.2, -0.15) is 0 Å². The first-order valence-electron chi connectivity index (χ1n) is 5.74. The molecule has 2 fully saturated rings. The van der Waals surface area contributed by atoms with Crippen LogP contribution in [0.25, 0.3) is 0 Å². The highest BCUT2D eigenvalue weighted by Crippen LogP contribution is 2.46. The Morgan fingerprint density at radius 3 is 2.56 bits per heavy atom. The third kappa shape index (κ3) is 1.52. The fourth-order valence-electron chi connectivity index (χ4n) is 3.17. The van der Waals surface area contributed by atoms with E-state index >= 15 is 0 Å². The van der Waals surface area contributed by atoms with Crippen LogP contribution in [0, 0.1) is 0 Å². The van der Waals surface area contributed by atoms with Gasteiger partial charge >= 0.3 is 0 Å². The average Bonchev–Trinajstić information content (AvgIpc) is 2.73. The van der Waals surface area contributed by atoms with Crippen LogP contribution in [0.15, 0.2) is 12.4 Å². The fourth-order valence-corrected chi connectivity index (χ4v) is 4.12. The molecule has 16 heavy (non-hydrogen) atoms. The predicted molar refractivity (Wildman–Crippen MR) is 69.0 cm³/mol. The monoisotopic (exact) mass is 333 g/mol. The van der Waals surface area contributed by atoms with Crippen LogP contribution in [0.5, 0.6) is 0 Å². The van der Waals surface area contributed by atoms with Gasteiger partial charge in [-0.1, -0.05) is 0 Å². The van der Waals surface area contributed by atoms with Gasteiger partial charge in [0, 0.05) is 54.4 Å². The second-order valence-electron chi connectivity index (χ2n) is 5.03. The lowest BCUT2D eigenvalue weighted by molar-refractivity contribution is -0.0370. The molecule has 2 saturated heterocycles. The molecule has 0 aliphatic carbocycles. The number of rotatable bonds is 1. The maximum absolute atomic E-state index is 10.8. The van der Waals surface area contributed by atoms with Crippen molar-refractivity contribution >= 4 is 22.9 Å². The number of imidazole rings is 1. The molecule has 1 aromatic heterocycles. The summed E-state index contributed by atoms with van der Waals surface area (Å²) in [4.78, 5) is 4.32. The summed E-state index contributed by atoms with van der Waals surface area (Å²) in [6, 6.07) is 1.03. The van der Waals surface area contributed by atoms with Crippen molar-refractivity contribution < 1.29 is 5.11 Å². The Labute approximate surface area is 109 Å². The highest BCUT2D eigenvalue weighted by molar-refractivity contribution is 14.1. The Bertz CT molecular complexity index is 392. The van der Waals surface area contributed by atoms with Gasteiger partial charge in [-0.25, -0.2) is 8.10 Å². The summed E-state index contributed by atoms with van der Waals surface area (Å²) < 4.78 is 4.34. The molecule has 2 atom stereocenters. The minimum Gasteiger partial charge on any atom is -0.382 e. The number of piperidine rings is 1. The smallest absolute Gasteiger partial charge is 0.140 e. The number of halogens is 1. The Morgan fingerprint density at radius 2 is 2.06 bits per heavy atom. The average molecular weight is 333 g/mol. The zero-order chi connectivity index (χ0) is 11.3. The lowest BCUT2D eigenvalue weighted by atomic mass is 9.86. The van der Waals surface area contributed by atoms with Gasteiger partial charge in [0.05, 0.1) is 0 Å². The largest absolute Gasteiger partial charge is 0.382 e. The van der Waals surface area contributed by atoms with Gasteiger partial charge in [0.1, 0.15) is 11.4 Å². The molecule has 0 aromatic carbocycles. The molecule has 88 valence electrons. The quantitative estimate of drug-likeness (QED) is 0.627. The molecule has 0 saturated carbocycles. The van der Waals surface area contributed by atoms with Gasteiger partial charge in [-0.15, -0.1) is 0 Å². The van der Waals surface area contributed by atoms with Crippen LogP contribution < -0.4 is 0 Å². The van der Waals surface area contributed by atoms with E-state index in [0.29, 0.717) is 12.1 Å². The van der Waals surface area contributed by atoms with Crippen LogP contribution in [0.4, 0.5) is 0 Å². The van der Waals surface area contributed by atoms with Crippen LogP contribution in [-0.4, -0.2) is 29.9 Å². The van der Waals surface area contributed by atoms with Gasteiger partial charge in [-0.05, 0) is 25.7 Å². The summed E-state index contributed by atoms with van der Waals surface area (Å²) >= 11 is 2.41. The summed E-state index contributed by atoms with van der Waals surface area (Å²) in [7, 11) is 1.96. The number of hydrogen-bond donors (Lipinski definition) is 1. The summed E-state index contributed by atoms with van der Waals surface area (Å²) in [5, 5.41) is 10.8. The SMILES string of the molecule is Cn1ccnc1C1(O)CC2CCC(C1)N2I. The maximum Gasteiger partial charge on any atom is 0.140 e. The second-order valence-corrected chi connectivity index (χ2v) is 6.14. The molecule has 2 aliphatic heterocycles. The van der Waals surface area contributed by atoms with Gasteiger partial charge < -0.3 is 9.67 Å². The molecule has 4 nitrogen and oxygen atoms in total. The normalized spacial score (nSPS) is 39.2. The lowest BCUT2D eigenvalue weighted by Gasteiger charge is -2.40. The maximum atomic E-state index is 10.8. The van der Waals surface area contributed by atoms with Crippen molar-refractivity contribution in [1.29, 1.82) is 0 Å². The molecule has 2 bridgehead atoms. The molecular formula is C11H16IN3O. The first-order chi connectivity index (χ1) is 7.60. The third-order valence-electron chi connectivity index (χ3n) is 3.91. The first-order valence-corrected chi connectivity index (χ1v) is 6.71. The molecule has 2 aliphatic rings. The van der Waals surface area contributed by atoms with Crippen molar-refractivity contribution in [1.82, 2.24) is 12.7 Å². The van der Waals surface area contributed by atoms with Crippen LogP contribution >= 0.6 is 22.9 Å². The molecular weight excluding hydrogens is 317 g/mol. The van der Waals surface area contributed by atoms with Crippen molar-refractivity contribution in [3.8, 4) is 0 Å². The van der Waals surface area contributed by atoms with E-state index < -0.39 is 5.60 Å². The Balaban J connectivity index is 1.94. The lowest BCUT2D eigenvalue weighted by Crippen LogP contribution is -2.46. The zero-order valence-electron chi connectivity index (χ0n) is 9.30. The van der Waals surface area contributed by atoms with Gasteiger partial charge in [0.2, 0.25) is 0 Å². The molecule has 0 amide bonds. The Kier molecular flexibility index (Phi) is 2.52. The van der Waals surface area contributed by atoms with Crippen LogP contribution in [-0.2, 0) is 12.6 Å². The van der Waals surface area contributed by atoms with E-state index in [4.69, 9.17) is 0 Å². The molecule has 0 spiro atoms. The van der Waals surface area contributed by atoms with E-state index in [0.717, 1.165) is 18.7 Å². The molecule has 1 N–H and O–H groups in total. The van der Waals surface area contributed by atoms with E-state index in [1.54, 1.807) is 6.20 Å². The molecule has 3 rings (SSSR count). The highest BCUT2D eigenvalue weighted by atomic mass is 127. The predicted octanol–water partition coefficient (Wildman–Crippen LogP) is 1.58. The number of hydrogen-bond acceptors (Lipinski definition) is 3. The van der Waals surface area contributed by atoms with Gasteiger partial charge in [0.15, 0.2) is 0 Å². The molecule has 3 heterocycles. The summed E-state index contributed by atoms with van der Waals surface area (Å²) in [5.74, 6) is 0.828. The van der Waals surface area contributed by atoms with Crippen LogP contribution in [0.1, 0.15) is 31.5 Å². The zero-order valence-corrected chi connectivity index (χ0v) is 11.5. The van der Waals surface area contributed by atoms with Crippen molar-refractivity contribution in [3.63, 3.8) is 0 Å². The second kappa shape index (κ2) is 3.68. The van der Waals surface area contributed by atoms with E-state index in [2.05, 4.69) is 31.0 Å². The number of aromatic nitrogens is 2. The molecule has 2 unspecified atom stereocenters. The molecule has 1 aromatic rings. The van der Waals surface area contributed by atoms with E-state index in [-0.39, 0.29) is 0 Å². The first kappa shape index (κ1) is 11.0. The highest BCUT2D eigenvalue weighted by Gasteiger charge is 2.49. The van der Waals surface area contributed by atoms with Crippen LogP contribution in [0.3, 0.4) is 0 Å². The summed E-state index contributed by atoms with van der Waals surface area (Å²) in [5.41, 5.74) is -0.717. The number of aliphatic hydroxyl groups is 1. The minimum atomic E-state index is -0.717. The van der Waals surface area contributed by atoms with Crippen molar-refractivity contribution in [3.05, 3.63) is 18.2 Å². The number of nitrogens with zero attached hydrogens (tertiary/aromatic N) is 3. The van der Waals surface area contributed by atoms with E-state index in [1.807, 2.05) is 17.8 Å². The summed E-state index contributed by atoms with van der Waals surface area (Å²) in [6.07, 6.45) is 7.73. The Hall–Kier alpha value is -0.140. The topological polar surface area (TPSA) is 41.3 Å². The third-order valence-corrected chi connectivity index (χ3v) is 5.49. The fraction of sp³-hybridized carbons (Fsp3) is 0.727. The van der Waals surface area contributed by atoms with Crippen molar-refractivity contribution in [2.24, 2.45) is 7.05 Å². The Morgan fingerprint density at radius 1 is 1.44 bits per heavy atom. The molecule has 0 radical (unpaired) electrons. The van der Waals surface area contributed by atoms with Gasteiger partial charge in [-0.3, -0.25) is 0 Å². The number of aryl methyl sites for hydroxylation is 1. The van der Waals surface area contributed by atoms with Crippen molar-refractivity contribution in [2.45, 2.75) is 43.4 Å². The van der Waals surface area contributed by atoms with Gasteiger partial charge in [0.25, 0.3) is 0 Å². The van der Waals surface area contributed by atoms with Crippen molar-refractivity contribution in [2.75, 3.05) is 0 Å². The summed E-state index contributed by atoms with van der Waals surface area (Å²) in [6.45, 7) is 0. The standard InChI is InChI=1S/C11H16IN3O/c1-14-5-4-13-10(14)11(16)6-8-2-3-9(7-11)15(8)12/h4-5,8-9,16H,2-3,6-7H2,1H3. The number of fused-ring (bicyclic) bond motifs is 2. The van der Waals surface area contributed by atoms with E-state index in [1.165, 1.54) is 12.8 Å². The van der Waals surface area contributed by atoms with Crippen LogP contribution in [0.2, 0.25) is 0 Å². The minimum absolute atomic E-state index is 0.515.